The van der Waals surface area contributed by atoms with Crippen molar-refractivity contribution in [2.75, 3.05) is 27.2 Å². The smallest absolute Gasteiger partial charge is 0.326 e. The predicted molar refractivity (Wildman–Crippen MR) is 389 cm³/mol. The van der Waals surface area contributed by atoms with E-state index in [-0.39, 0.29) is 64.8 Å². The molecule has 6 aliphatic rings. The number of fused-ring (bicyclic) bond motifs is 1. The maximum absolute atomic E-state index is 15.3. The normalized spacial score (nSPS) is 22.1. The monoisotopic (exact) mass is 1450 g/mol. The molecule has 0 aliphatic carbocycles. The fraction of sp³-hybridized carbons (Fsp3) is 0.455. The van der Waals surface area contributed by atoms with Crippen LogP contribution < -0.4 is 46.7 Å². The van der Waals surface area contributed by atoms with Gasteiger partial charge in [-0.05, 0) is 109 Å². The third kappa shape index (κ3) is 19.5. The Bertz CT molecular complexity index is 4320. The second-order valence-corrected chi connectivity index (χ2v) is 29.9. The van der Waals surface area contributed by atoms with Gasteiger partial charge >= 0.3 is 11.9 Å². The molecule has 0 unspecified atom stereocenters. The van der Waals surface area contributed by atoms with E-state index in [2.05, 4.69) is 57.8 Å². The first-order chi connectivity index (χ1) is 50.4. The molecule has 2 saturated heterocycles. The third-order valence-corrected chi connectivity index (χ3v) is 19.9. The number of amides is 7. The Morgan fingerprint density at radius 1 is 0.538 bits per heavy atom. The SMILES string of the molecule is CN[C@@H](C)C(=O)N[C@H](C(=O)N1C[C@@H]2C[C@H]1C(=O)N[C@@H](Cc1ccccc1)C(=O)C[C@H](C(=O)O)Cc1ccc(cc1)OCc1cn(nn1)[C@H]1C[C@@H](C(=O)N[C@@H](Cc3ccc4ccccc4c3)C(=O)N[C@H](C(=O)O)Cc3ccc(cc3)OCc3cn2nn3)N(C(=O)[C@@H](NC(=O)[C@H](C)NC)C(C)(C)C)C1)C(C)(C)C. The standard InChI is InChI=1S/C77H95N15O14/c1-44(78-9)67(94)83-65(76(3,4)5)72(99)89-40-55-36-62(89)70(97)80-59(32-46-16-12-11-13-17-46)64(93)35-52(74(101)102)30-47-21-26-57(27-22-47)105-42-53-39-92(88-85-53)56-37-63(90(41-56)73(100)66(77(6,7)8)84-68(95)45(2)79-10)71(98)81-60(34-49-20-25-50-18-14-15-19-51(50)31-49)69(96)82-61(75(103)104)33-48-23-28-58(29-24-48)106-43-54-38-91(55)87-86-54/h11-29,31,38-39,44-45,52,55-56,59-63,65-66,78-79H,30,32-37,40-43H2,1-10H3,(H,80,97)(H,81,98)(H,82,96)(H,83,94)(H,84,95)(H,101,102)(H,103,104)/t44-,45-,52+,55-,56-,59-,60-,61-,62-,63-,65+,66+/m0/s1. The van der Waals surface area contributed by atoms with E-state index in [1.54, 1.807) is 161 Å². The molecule has 7 aromatic rings. The number of hydrogen-bond donors (Lipinski definition) is 9. The molecular formula is C77H95N15O14. The van der Waals surface area contributed by atoms with Gasteiger partial charge in [-0.15, -0.1) is 10.2 Å². The van der Waals surface area contributed by atoms with E-state index in [4.69, 9.17) is 9.47 Å². The van der Waals surface area contributed by atoms with Crippen molar-refractivity contribution in [1.82, 2.24) is 77.0 Å². The zero-order chi connectivity index (χ0) is 76.3. The number of likely N-dealkylation sites (N-methyl/N-ethyl adjacent to an activating group) is 2. The molecule has 6 aliphatic heterocycles. The maximum atomic E-state index is 15.3. The minimum absolute atomic E-state index is 0.0118. The molecular weight excluding hydrogens is 1360 g/mol. The van der Waals surface area contributed by atoms with Crippen LogP contribution in [0.2, 0.25) is 0 Å². The van der Waals surface area contributed by atoms with Crippen LogP contribution in [0.3, 0.4) is 0 Å². The first kappa shape index (κ1) is 77.7. The van der Waals surface area contributed by atoms with Crippen LogP contribution in [0, 0.1) is 16.7 Å². The lowest BCUT2D eigenvalue weighted by Crippen LogP contribution is -2.60. The number of rotatable bonds is 14. The molecule has 29 nitrogen and oxygen atoms in total. The van der Waals surface area contributed by atoms with Crippen LogP contribution in [-0.4, -0.2) is 191 Å². The second kappa shape index (κ2) is 33.9. The molecule has 0 saturated carbocycles. The number of aromatic nitrogens is 6. The van der Waals surface area contributed by atoms with Crippen molar-refractivity contribution in [3.63, 3.8) is 0 Å². The number of carbonyl (C=O) groups excluding carboxylic acids is 8. The summed E-state index contributed by atoms with van der Waals surface area (Å²) in [7, 11) is 3.22. The molecule has 2 aromatic heterocycles. The zero-order valence-electron chi connectivity index (χ0n) is 61.3. The molecule has 5 aromatic carbocycles. The molecule has 562 valence electrons. The summed E-state index contributed by atoms with van der Waals surface area (Å²) in [6.45, 7) is 13.6. The second-order valence-electron chi connectivity index (χ2n) is 29.9. The van der Waals surface area contributed by atoms with Crippen molar-refractivity contribution in [1.29, 1.82) is 0 Å². The lowest BCUT2D eigenvalue weighted by atomic mass is 9.85. The Hall–Kier alpha value is -10.9. The number of Topliss-reactive ketones (excluding diaryl/α,β-unsaturated/α-hetero) is 1. The lowest BCUT2D eigenvalue weighted by molar-refractivity contribution is -0.145. The van der Waals surface area contributed by atoms with E-state index in [9.17, 15) is 39.0 Å². The van der Waals surface area contributed by atoms with Crippen molar-refractivity contribution in [2.24, 2.45) is 16.7 Å². The Morgan fingerprint density at radius 2 is 1.00 bits per heavy atom. The molecule has 13 rings (SSSR count). The minimum Gasteiger partial charge on any atom is -0.487 e. The Kier molecular flexibility index (Phi) is 24.8. The highest BCUT2D eigenvalue weighted by molar-refractivity contribution is 5.98. The van der Waals surface area contributed by atoms with Gasteiger partial charge in [0.25, 0.3) is 0 Å². The zero-order valence-corrected chi connectivity index (χ0v) is 61.3. The van der Waals surface area contributed by atoms with Crippen LogP contribution >= 0.6 is 0 Å². The number of carbonyl (C=O) groups is 10. The van der Waals surface area contributed by atoms with Gasteiger partial charge in [0, 0.05) is 45.2 Å². The summed E-state index contributed by atoms with van der Waals surface area (Å²) >= 11 is 0. The number of carboxylic acid groups (broad SMARTS) is 2. The van der Waals surface area contributed by atoms with Crippen molar-refractivity contribution >= 4 is 69.8 Å². The van der Waals surface area contributed by atoms with Gasteiger partial charge in [-0.25, -0.2) is 14.2 Å². The van der Waals surface area contributed by atoms with E-state index >= 15 is 19.2 Å². The van der Waals surface area contributed by atoms with Crippen LogP contribution in [0.1, 0.15) is 120 Å². The van der Waals surface area contributed by atoms with Crippen molar-refractivity contribution in [3.05, 3.63) is 167 Å². The average molecular weight is 1450 g/mol. The molecule has 0 spiro atoms. The number of ketones is 1. The summed E-state index contributed by atoms with van der Waals surface area (Å²) < 4.78 is 15.4. The number of hydrogen-bond acceptors (Lipinski definition) is 18. The number of nitrogens with one attached hydrogen (secondary N) is 7. The van der Waals surface area contributed by atoms with Gasteiger partial charge in [-0.3, -0.25) is 43.2 Å². The van der Waals surface area contributed by atoms with E-state index in [1.807, 2.05) is 42.5 Å². The summed E-state index contributed by atoms with van der Waals surface area (Å²) in [5.41, 5.74) is 1.33. The Balaban J connectivity index is 0.975. The van der Waals surface area contributed by atoms with E-state index < -0.39 is 149 Å². The van der Waals surface area contributed by atoms with Crippen LogP contribution in [0.5, 0.6) is 11.5 Å². The molecule has 106 heavy (non-hydrogen) atoms. The van der Waals surface area contributed by atoms with Crippen molar-refractivity contribution < 1.29 is 67.6 Å². The number of carboxylic acids is 2. The van der Waals surface area contributed by atoms with Crippen molar-refractivity contribution in [2.45, 2.75) is 180 Å². The molecule has 2 fully saturated rings. The minimum atomic E-state index is -1.51. The Labute approximate surface area is 614 Å². The fourth-order valence-corrected chi connectivity index (χ4v) is 13.4. The highest BCUT2D eigenvalue weighted by atomic mass is 16.5. The molecule has 29 heteroatoms. The largest absolute Gasteiger partial charge is 0.487 e. The Morgan fingerprint density at radius 3 is 1.47 bits per heavy atom. The maximum Gasteiger partial charge on any atom is 0.326 e. The molecule has 7 amide bonds. The van der Waals surface area contributed by atoms with Gasteiger partial charge in [0.05, 0.1) is 48.5 Å². The molecule has 8 heterocycles. The van der Waals surface area contributed by atoms with Gasteiger partial charge < -0.3 is 66.7 Å². The van der Waals surface area contributed by atoms with Crippen LogP contribution in [-0.2, 0) is 86.8 Å². The summed E-state index contributed by atoms with van der Waals surface area (Å²) in [6, 6.07) is 23.6. The lowest BCUT2D eigenvalue weighted by Gasteiger charge is -2.36. The van der Waals surface area contributed by atoms with E-state index in [0.717, 1.165) is 10.8 Å². The summed E-state index contributed by atoms with van der Waals surface area (Å²) in [4.78, 5) is 146. The van der Waals surface area contributed by atoms with Crippen LogP contribution in [0.4, 0.5) is 0 Å². The highest BCUT2D eigenvalue weighted by Crippen LogP contribution is 2.34. The number of ether oxygens (including phenoxy) is 2. The van der Waals surface area contributed by atoms with Gasteiger partial charge in [-0.1, -0.05) is 149 Å². The van der Waals surface area contributed by atoms with E-state index in [1.165, 1.54) is 19.2 Å². The van der Waals surface area contributed by atoms with Crippen LogP contribution in [0.25, 0.3) is 10.8 Å². The number of aliphatic carboxylic acids is 2. The summed E-state index contributed by atoms with van der Waals surface area (Å²) in [6.07, 6.45) is 2.31. The molecule has 0 radical (unpaired) electrons. The average Bonchev–Trinajstić information content (AvgIpc) is 1.62. The number of likely N-dealkylation sites (tertiary alicyclic amines) is 2. The first-order valence-corrected chi connectivity index (χ1v) is 35.7. The predicted octanol–water partition coefficient (Wildman–Crippen LogP) is 4.23. The number of nitrogens with zero attached hydrogens (tertiary/aromatic N) is 8. The van der Waals surface area contributed by atoms with Gasteiger partial charge in [-0.2, -0.15) is 0 Å². The third-order valence-electron chi connectivity index (χ3n) is 19.9. The van der Waals surface area contributed by atoms with Gasteiger partial charge in [0.15, 0.2) is 5.78 Å². The summed E-state index contributed by atoms with van der Waals surface area (Å²) in [5, 5.41) is 60.9. The summed E-state index contributed by atoms with van der Waals surface area (Å²) in [5.74, 6) is -7.98. The number of benzene rings is 5. The van der Waals surface area contributed by atoms with Gasteiger partial charge in [0.2, 0.25) is 41.4 Å². The molecule has 9 N–H and O–H groups in total. The highest BCUT2D eigenvalue weighted by Gasteiger charge is 2.49. The molecule has 12 bridgehead atoms. The quantitative estimate of drug-likeness (QED) is 0.0735. The van der Waals surface area contributed by atoms with E-state index in [0.29, 0.717) is 45.1 Å². The topological polar surface area (TPSA) is 382 Å². The van der Waals surface area contributed by atoms with Crippen molar-refractivity contribution in [3.8, 4) is 11.5 Å². The fourth-order valence-electron chi connectivity index (χ4n) is 13.4. The van der Waals surface area contributed by atoms with Gasteiger partial charge in [0.1, 0.15) is 72.4 Å². The molecule has 12 atom stereocenters. The first-order valence-electron chi connectivity index (χ1n) is 35.7. The van der Waals surface area contributed by atoms with Crippen LogP contribution in [0.15, 0.2) is 134 Å².